The van der Waals surface area contributed by atoms with Gasteiger partial charge in [0.25, 0.3) is 0 Å². The molecular formula is C15H15F3N2O. The van der Waals surface area contributed by atoms with Crippen LogP contribution in [-0.4, -0.2) is 9.78 Å². The molecule has 0 aliphatic heterocycles. The molecular weight excluding hydrogens is 281 g/mol. The fraction of sp³-hybridized carbons (Fsp3) is 0.400. The minimum absolute atomic E-state index is 0.163. The van der Waals surface area contributed by atoms with E-state index in [2.05, 4.69) is 5.10 Å². The molecule has 21 heavy (non-hydrogen) atoms. The number of hydrogen-bond acceptors (Lipinski definition) is 2. The second kappa shape index (κ2) is 5.42. The van der Waals surface area contributed by atoms with Crippen LogP contribution in [0.5, 0.6) is 11.5 Å². The van der Waals surface area contributed by atoms with Crippen LogP contribution in [0.1, 0.15) is 37.3 Å². The molecule has 0 atom stereocenters. The second-order valence-corrected chi connectivity index (χ2v) is 5.22. The number of aromatic nitrogens is 2. The lowest BCUT2D eigenvalue weighted by molar-refractivity contribution is -0.137. The van der Waals surface area contributed by atoms with Crippen molar-refractivity contribution in [1.82, 2.24) is 9.78 Å². The Hall–Kier alpha value is -1.98. The van der Waals surface area contributed by atoms with Crippen molar-refractivity contribution in [2.24, 2.45) is 0 Å². The lowest BCUT2D eigenvalue weighted by Crippen LogP contribution is -2.04. The van der Waals surface area contributed by atoms with Gasteiger partial charge in [-0.05, 0) is 31.0 Å². The molecule has 1 aliphatic carbocycles. The molecule has 1 aromatic carbocycles. The number of benzene rings is 1. The molecule has 3 rings (SSSR count). The van der Waals surface area contributed by atoms with Crippen molar-refractivity contribution in [3.05, 3.63) is 42.2 Å². The molecule has 0 radical (unpaired) electrons. The molecule has 0 N–H and O–H groups in total. The van der Waals surface area contributed by atoms with Gasteiger partial charge in [0.1, 0.15) is 5.75 Å². The van der Waals surface area contributed by atoms with E-state index in [1.807, 2.05) is 4.68 Å². The van der Waals surface area contributed by atoms with Crippen LogP contribution in [0.3, 0.4) is 0 Å². The smallest absolute Gasteiger partial charge is 0.416 e. The van der Waals surface area contributed by atoms with Gasteiger partial charge >= 0.3 is 6.18 Å². The molecule has 1 fully saturated rings. The maximum Gasteiger partial charge on any atom is 0.416 e. The third-order valence-corrected chi connectivity index (χ3v) is 3.67. The Labute approximate surface area is 120 Å². The van der Waals surface area contributed by atoms with Gasteiger partial charge in [-0.15, -0.1) is 0 Å². The maximum atomic E-state index is 12.6. The normalized spacial score (nSPS) is 16.3. The van der Waals surface area contributed by atoms with Gasteiger partial charge in [-0.2, -0.15) is 18.3 Å². The Morgan fingerprint density at radius 2 is 1.90 bits per heavy atom. The third kappa shape index (κ3) is 3.20. The lowest BCUT2D eigenvalue weighted by atomic mass is 10.2. The Balaban J connectivity index is 1.74. The van der Waals surface area contributed by atoms with Crippen molar-refractivity contribution in [3.8, 4) is 11.5 Å². The quantitative estimate of drug-likeness (QED) is 0.812. The first-order valence-electron chi connectivity index (χ1n) is 6.92. The highest BCUT2D eigenvalue weighted by atomic mass is 19.4. The van der Waals surface area contributed by atoms with Crippen molar-refractivity contribution in [2.45, 2.75) is 37.9 Å². The van der Waals surface area contributed by atoms with Crippen LogP contribution in [-0.2, 0) is 6.18 Å². The third-order valence-electron chi connectivity index (χ3n) is 3.67. The standard InChI is InChI=1S/C15H15F3N2O/c16-15(17,18)11-4-3-7-13(8-11)21-14-9-19-20(10-14)12-5-1-2-6-12/h3-4,7-10,12H,1-2,5-6H2. The first-order valence-corrected chi connectivity index (χ1v) is 6.92. The van der Waals surface area contributed by atoms with E-state index in [-0.39, 0.29) is 5.75 Å². The maximum absolute atomic E-state index is 12.6. The topological polar surface area (TPSA) is 27.1 Å². The zero-order chi connectivity index (χ0) is 14.9. The van der Waals surface area contributed by atoms with Crippen molar-refractivity contribution in [1.29, 1.82) is 0 Å². The predicted octanol–water partition coefficient (Wildman–Crippen LogP) is 4.81. The van der Waals surface area contributed by atoms with Gasteiger partial charge in [0.15, 0.2) is 5.75 Å². The van der Waals surface area contributed by atoms with Crippen molar-refractivity contribution in [3.63, 3.8) is 0 Å². The summed E-state index contributed by atoms with van der Waals surface area (Å²) in [7, 11) is 0. The van der Waals surface area contributed by atoms with Crippen LogP contribution < -0.4 is 4.74 Å². The number of rotatable bonds is 3. The summed E-state index contributed by atoms with van der Waals surface area (Å²) in [6.45, 7) is 0. The van der Waals surface area contributed by atoms with E-state index < -0.39 is 11.7 Å². The van der Waals surface area contributed by atoms with Gasteiger partial charge in [0, 0.05) is 0 Å². The molecule has 3 nitrogen and oxygen atoms in total. The average molecular weight is 296 g/mol. The first-order chi connectivity index (χ1) is 10.0. The number of alkyl halides is 3. The molecule has 1 heterocycles. The summed E-state index contributed by atoms with van der Waals surface area (Å²) >= 11 is 0. The summed E-state index contributed by atoms with van der Waals surface area (Å²) in [6, 6.07) is 5.23. The van der Waals surface area contributed by atoms with E-state index in [0.717, 1.165) is 25.0 Å². The molecule has 0 bridgehead atoms. The summed E-state index contributed by atoms with van der Waals surface area (Å²) in [5.74, 6) is 0.622. The van der Waals surface area contributed by atoms with Gasteiger partial charge in [0.05, 0.1) is 24.0 Å². The van der Waals surface area contributed by atoms with Crippen LogP contribution in [0.4, 0.5) is 13.2 Å². The Morgan fingerprint density at radius 1 is 1.14 bits per heavy atom. The summed E-state index contributed by atoms with van der Waals surface area (Å²) < 4.78 is 45.2. The van der Waals surface area contributed by atoms with Crippen LogP contribution in [0.25, 0.3) is 0 Å². The largest absolute Gasteiger partial charge is 0.454 e. The molecule has 0 amide bonds. The lowest BCUT2D eigenvalue weighted by Gasteiger charge is -2.09. The molecule has 2 aromatic rings. The highest BCUT2D eigenvalue weighted by molar-refractivity contribution is 5.33. The van der Waals surface area contributed by atoms with E-state index in [1.54, 1.807) is 12.4 Å². The number of halogens is 3. The average Bonchev–Trinajstić information content (AvgIpc) is 3.08. The van der Waals surface area contributed by atoms with E-state index in [1.165, 1.54) is 25.0 Å². The van der Waals surface area contributed by atoms with Crippen LogP contribution in [0, 0.1) is 0 Å². The Kier molecular flexibility index (Phi) is 3.61. The van der Waals surface area contributed by atoms with E-state index in [4.69, 9.17) is 4.74 Å². The zero-order valence-electron chi connectivity index (χ0n) is 11.3. The zero-order valence-corrected chi connectivity index (χ0v) is 11.3. The minimum atomic E-state index is -4.37. The van der Waals surface area contributed by atoms with Gasteiger partial charge in [-0.25, -0.2) is 0 Å². The second-order valence-electron chi connectivity index (χ2n) is 5.22. The molecule has 0 unspecified atom stereocenters. The van der Waals surface area contributed by atoms with Crippen molar-refractivity contribution >= 4 is 0 Å². The molecule has 1 aliphatic rings. The molecule has 1 aromatic heterocycles. The number of ether oxygens (including phenoxy) is 1. The fourth-order valence-corrected chi connectivity index (χ4v) is 2.61. The number of nitrogens with zero attached hydrogens (tertiary/aromatic N) is 2. The summed E-state index contributed by atoms with van der Waals surface area (Å²) in [5.41, 5.74) is -0.719. The van der Waals surface area contributed by atoms with Crippen LogP contribution in [0.15, 0.2) is 36.7 Å². The van der Waals surface area contributed by atoms with Crippen molar-refractivity contribution < 1.29 is 17.9 Å². The summed E-state index contributed by atoms with van der Waals surface area (Å²) in [5, 5.41) is 4.23. The van der Waals surface area contributed by atoms with E-state index in [9.17, 15) is 13.2 Å². The van der Waals surface area contributed by atoms with E-state index in [0.29, 0.717) is 11.8 Å². The number of hydrogen-bond donors (Lipinski definition) is 0. The fourth-order valence-electron chi connectivity index (χ4n) is 2.61. The Bertz CT molecular complexity index is 615. The first kappa shape index (κ1) is 14.0. The highest BCUT2D eigenvalue weighted by Gasteiger charge is 2.30. The monoisotopic (exact) mass is 296 g/mol. The predicted molar refractivity (Wildman–Crippen MR) is 71.3 cm³/mol. The molecule has 6 heteroatoms. The molecule has 1 saturated carbocycles. The molecule has 0 spiro atoms. The molecule has 112 valence electrons. The van der Waals surface area contributed by atoms with E-state index >= 15 is 0 Å². The SMILES string of the molecule is FC(F)(F)c1cccc(Oc2cnn(C3CCCC3)c2)c1. The highest BCUT2D eigenvalue weighted by Crippen LogP contribution is 2.33. The van der Waals surface area contributed by atoms with Crippen molar-refractivity contribution in [2.75, 3.05) is 0 Å². The Morgan fingerprint density at radius 3 is 2.62 bits per heavy atom. The summed E-state index contributed by atoms with van der Waals surface area (Å²) in [6.07, 6.45) is 3.47. The molecule has 0 saturated heterocycles. The summed E-state index contributed by atoms with van der Waals surface area (Å²) in [4.78, 5) is 0. The van der Waals surface area contributed by atoms with Crippen LogP contribution in [0.2, 0.25) is 0 Å². The van der Waals surface area contributed by atoms with Gasteiger partial charge in [-0.3, -0.25) is 4.68 Å². The minimum Gasteiger partial charge on any atom is -0.454 e. The van der Waals surface area contributed by atoms with Gasteiger partial charge in [0.2, 0.25) is 0 Å². The van der Waals surface area contributed by atoms with Gasteiger partial charge < -0.3 is 4.74 Å². The van der Waals surface area contributed by atoms with Gasteiger partial charge in [-0.1, -0.05) is 18.9 Å². The van der Waals surface area contributed by atoms with Crippen LogP contribution >= 0.6 is 0 Å².